The van der Waals surface area contributed by atoms with Gasteiger partial charge in [0.05, 0.1) is 11.8 Å². The van der Waals surface area contributed by atoms with Gasteiger partial charge in [-0.15, -0.1) is 23.2 Å². The summed E-state index contributed by atoms with van der Waals surface area (Å²) in [6.07, 6.45) is -0.509. The SMILES string of the molecule is O[C@@]1(CCl)O[C@H](CCl)[C@@H]2O[C@H]21. The van der Waals surface area contributed by atoms with Crippen LogP contribution in [0.1, 0.15) is 0 Å². The van der Waals surface area contributed by atoms with E-state index in [0.717, 1.165) is 0 Å². The highest BCUT2D eigenvalue weighted by Gasteiger charge is 2.65. The molecule has 0 aromatic carbocycles. The molecule has 0 saturated carbocycles. The summed E-state index contributed by atoms with van der Waals surface area (Å²) < 4.78 is 10.3. The van der Waals surface area contributed by atoms with E-state index in [2.05, 4.69) is 0 Å². The fraction of sp³-hybridized carbons (Fsp3) is 1.00. The second-order valence-corrected chi connectivity index (χ2v) is 3.39. The van der Waals surface area contributed by atoms with Crippen LogP contribution < -0.4 is 0 Å². The lowest BCUT2D eigenvalue weighted by Gasteiger charge is -2.22. The van der Waals surface area contributed by atoms with Crippen LogP contribution in [0.3, 0.4) is 0 Å². The van der Waals surface area contributed by atoms with Gasteiger partial charge in [0.25, 0.3) is 0 Å². The van der Waals surface area contributed by atoms with E-state index in [1.54, 1.807) is 0 Å². The van der Waals surface area contributed by atoms with Crippen LogP contribution in [0.4, 0.5) is 0 Å². The van der Waals surface area contributed by atoms with Crippen molar-refractivity contribution in [2.45, 2.75) is 24.1 Å². The number of hydrogen-bond donors (Lipinski definition) is 1. The van der Waals surface area contributed by atoms with Crippen molar-refractivity contribution in [2.24, 2.45) is 0 Å². The minimum Gasteiger partial charge on any atom is -0.362 e. The van der Waals surface area contributed by atoms with Crippen molar-refractivity contribution in [1.29, 1.82) is 0 Å². The Bertz CT molecular complexity index is 175. The van der Waals surface area contributed by atoms with Gasteiger partial charge in [-0.1, -0.05) is 0 Å². The van der Waals surface area contributed by atoms with Crippen molar-refractivity contribution in [3.8, 4) is 0 Å². The Balaban J connectivity index is 2.08. The minimum absolute atomic E-state index is 0.0293. The molecule has 64 valence electrons. The molecular weight excluding hydrogens is 191 g/mol. The topological polar surface area (TPSA) is 42.0 Å². The van der Waals surface area contributed by atoms with Crippen molar-refractivity contribution in [1.82, 2.24) is 0 Å². The van der Waals surface area contributed by atoms with Crippen LogP contribution in [0.2, 0.25) is 0 Å². The van der Waals surface area contributed by atoms with Crippen molar-refractivity contribution >= 4 is 23.2 Å². The van der Waals surface area contributed by atoms with Gasteiger partial charge in [0.2, 0.25) is 5.79 Å². The Morgan fingerprint density at radius 1 is 1.45 bits per heavy atom. The number of alkyl halides is 2. The molecular formula is C6H8Cl2O3. The predicted octanol–water partition coefficient (Wildman–Crippen LogP) is 0.319. The van der Waals surface area contributed by atoms with Crippen LogP contribution in [0.5, 0.6) is 0 Å². The van der Waals surface area contributed by atoms with Gasteiger partial charge in [0, 0.05) is 0 Å². The van der Waals surface area contributed by atoms with E-state index in [4.69, 9.17) is 32.7 Å². The molecule has 2 saturated heterocycles. The first-order chi connectivity index (χ1) is 5.21. The minimum atomic E-state index is -1.30. The molecule has 0 radical (unpaired) electrons. The molecule has 1 N–H and O–H groups in total. The summed E-state index contributed by atoms with van der Waals surface area (Å²) in [5.41, 5.74) is 0. The van der Waals surface area contributed by atoms with Crippen LogP contribution in [-0.4, -0.2) is 41.0 Å². The first-order valence-electron chi connectivity index (χ1n) is 3.39. The molecule has 2 aliphatic rings. The number of aliphatic hydroxyl groups is 1. The van der Waals surface area contributed by atoms with Crippen LogP contribution in [-0.2, 0) is 9.47 Å². The summed E-state index contributed by atoms with van der Waals surface area (Å²) in [5, 5.41) is 9.57. The molecule has 3 nitrogen and oxygen atoms in total. The lowest BCUT2D eigenvalue weighted by molar-refractivity contribution is -0.211. The molecule has 0 amide bonds. The highest BCUT2D eigenvalue weighted by molar-refractivity contribution is 6.19. The fourth-order valence-corrected chi connectivity index (χ4v) is 1.85. The molecule has 5 heteroatoms. The quantitative estimate of drug-likeness (QED) is 0.514. The molecule has 0 aromatic rings. The van der Waals surface area contributed by atoms with E-state index < -0.39 is 5.79 Å². The Morgan fingerprint density at radius 2 is 2.18 bits per heavy atom. The number of rotatable bonds is 2. The molecule has 11 heavy (non-hydrogen) atoms. The van der Waals surface area contributed by atoms with Crippen LogP contribution >= 0.6 is 23.2 Å². The van der Waals surface area contributed by atoms with Gasteiger partial charge in [-0.05, 0) is 0 Å². The van der Waals surface area contributed by atoms with Gasteiger partial charge < -0.3 is 14.6 Å². The van der Waals surface area contributed by atoms with Gasteiger partial charge >= 0.3 is 0 Å². The van der Waals surface area contributed by atoms with E-state index in [1.807, 2.05) is 0 Å². The summed E-state index contributed by atoms with van der Waals surface area (Å²) in [5.74, 6) is -0.937. The van der Waals surface area contributed by atoms with Crippen molar-refractivity contribution in [3.63, 3.8) is 0 Å². The van der Waals surface area contributed by atoms with E-state index >= 15 is 0 Å². The van der Waals surface area contributed by atoms with E-state index in [-0.39, 0.29) is 24.2 Å². The second-order valence-electron chi connectivity index (χ2n) is 2.81. The number of fused-ring (bicyclic) bond motifs is 1. The number of halogens is 2. The summed E-state index contributed by atoms with van der Waals surface area (Å²) in [7, 11) is 0. The smallest absolute Gasteiger partial charge is 0.209 e. The first kappa shape index (κ1) is 8.08. The van der Waals surface area contributed by atoms with E-state index in [9.17, 15) is 5.11 Å². The number of hydrogen-bond acceptors (Lipinski definition) is 3. The lowest BCUT2D eigenvalue weighted by Crippen LogP contribution is -2.38. The average molecular weight is 199 g/mol. The average Bonchev–Trinajstić information content (AvgIpc) is 2.75. The normalized spacial score (nSPS) is 54.3. The van der Waals surface area contributed by atoms with Crippen molar-refractivity contribution < 1.29 is 14.6 Å². The Hall–Kier alpha value is 0.460. The van der Waals surface area contributed by atoms with Crippen LogP contribution in [0.15, 0.2) is 0 Å². The van der Waals surface area contributed by atoms with Gasteiger partial charge in [-0.3, -0.25) is 0 Å². The fourth-order valence-electron chi connectivity index (χ4n) is 1.39. The maximum atomic E-state index is 9.57. The summed E-state index contributed by atoms with van der Waals surface area (Å²) in [6.45, 7) is 0. The van der Waals surface area contributed by atoms with Crippen molar-refractivity contribution in [3.05, 3.63) is 0 Å². The predicted molar refractivity (Wildman–Crippen MR) is 39.9 cm³/mol. The van der Waals surface area contributed by atoms with E-state index in [1.165, 1.54) is 0 Å². The number of epoxide rings is 1. The molecule has 0 spiro atoms. The first-order valence-corrected chi connectivity index (χ1v) is 4.46. The molecule has 0 aliphatic carbocycles. The molecule has 2 rings (SSSR count). The zero-order valence-electron chi connectivity index (χ0n) is 5.67. The van der Waals surface area contributed by atoms with Crippen LogP contribution in [0, 0.1) is 0 Å². The van der Waals surface area contributed by atoms with Gasteiger partial charge in [0.15, 0.2) is 0 Å². The Morgan fingerprint density at radius 3 is 2.55 bits per heavy atom. The molecule has 2 fully saturated rings. The van der Waals surface area contributed by atoms with Gasteiger partial charge in [-0.25, -0.2) is 0 Å². The second kappa shape index (κ2) is 2.47. The van der Waals surface area contributed by atoms with Gasteiger partial charge in [0.1, 0.15) is 18.3 Å². The van der Waals surface area contributed by atoms with Crippen molar-refractivity contribution in [2.75, 3.05) is 11.8 Å². The Kier molecular flexibility index (Phi) is 1.81. The number of ether oxygens (including phenoxy) is 2. The van der Waals surface area contributed by atoms with E-state index in [0.29, 0.717) is 5.88 Å². The molecule has 2 aliphatic heterocycles. The highest BCUT2D eigenvalue weighted by Crippen LogP contribution is 2.45. The standard InChI is InChI=1S/C6H8Cl2O3/c7-1-3-4-5(10-4)6(9,2-8)11-3/h3-5,9H,1-2H2/t3-,4+,5-,6+/m1/s1. The third kappa shape index (κ3) is 1.07. The molecule has 0 aromatic heterocycles. The Labute approximate surface area is 74.2 Å². The monoisotopic (exact) mass is 198 g/mol. The molecule has 0 bridgehead atoms. The third-order valence-electron chi connectivity index (χ3n) is 2.04. The summed E-state index contributed by atoms with van der Waals surface area (Å²) >= 11 is 11.0. The zero-order valence-corrected chi connectivity index (χ0v) is 7.18. The maximum absolute atomic E-state index is 9.57. The largest absolute Gasteiger partial charge is 0.362 e. The summed E-state index contributed by atoms with van der Waals surface area (Å²) in [6, 6.07) is 0. The molecule has 2 heterocycles. The maximum Gasteiger partial charge on any atom is 0.209 e. The van der Waals surface area contributed by atoms with Crippen LogP contribution in [0.25, 0.3) is 0 Å². The lowest BCUT2D eigenvalue weighted by atomic mass is 10.2. The highest BCUT2D eigenvalue weighted by atomic mass is 35.5. The zero-order chi connectivity index (χ0) is 8.06. The van der Waals surface area contributed by atoms with Gasteiger partial charge in [-0.2, -0.15) is 0 Å². The molecule has 0 unspecified atom stereocenters. The molecule has 4 atom stereocenters. The summed E-state index contributed by atoms with van der Waals surface area (Å²) in [4.78, 5) is 0. The third-order valence-corrected chi connectivity index (χ3v) is 2.72.